The zero-order chi connectivity index (χ0) is 41.5. The summed E-state index contributed by atoms with van der Waals surface area (Å²) in [6.07, 6.45) is 1.44. The number of halogens is 5. The van der Waals surface area contributed by atoms with Gasteiger partial charge in [-0.05, 0) is 82.9 Å². The highest BCUT2D eigenvalue weighted by molar-refractivity contribution is 7.92. The van der Waals surface area contributed by atoms with E-state index in [0.29, 0.717) is 16.7 Å². The average Bonchev–Trinajstić information content (AvgIpc) is 3.57. The van der Waals surface area contributed by atoms with E-state index in [0.717, 1.165) is 31.8 Å². The number of aliphatic carboxylic acids is 1. The Morgan fingerprint density at radius 2 is 1.25 bits per heavy atom. The predicted octanol–water partition coefficient (Wildman–Crippen LogP) is 6.72. The molecule has 1 heterocycles. The first-order chi connectivity index (χ1) is 24.0. The number of nitrogens with two attached hydrogens (primary N) is 1. The van der Waals surface area contributed by atoms with Crippen LogP contribution in [0.15, 0.2) is 37.4 Å². The third kappa shape index (κ3) is 20.5. The van der Waals surface area contributed by atoms with Gasteiger partial charge in [0.2, 0.25) is 20.0 Å². The lowest BCUT2D eigenvalue weighted by Gasteiger charge is -2.22. The van der Waals surface area contributed by atoms with Crippen molar-refractivity contribution in [2.24, 2.45) is 5.73 Å². The molecule has 1 saturated heterocycles. The van der Waals surface area contributed by atoms with Gasteiger partial charge >= 0.3 is 18.2 Å². The monoisotopic (exact) mass is 802 g/mol. The van der Waals surface area contributed by atoms with Crippen molar-refractivity contribution < 1.29 is 63.0 Å². The van der Waals surface area contributed by atoms with Crippen molar-refractivity contribution in [2.45, 2.75) is 71.3 Å². The van der Waals surface area contributed by atoms with Crippen molar-refractivity contribution >= 4 is 55.6 Å². The number of carboxylic acid groups (broad SMARTS) is 1. The highest BCUT2D eigenvalue weighted by atomic mass is 32.2. The molecular formula is C33H47F5N4O9S2. The van der Waals surface area contributed by atoms with Gasteiger partial charge < -0.3 is 25.6 Å². The quantitative estimate of drug-likeness (QED) is 0.170. The number of ether oxygens (including phenoxy) is 2. The zero-order valence-corrected chi connectivity index (χ0v) is 32.0. The van der Waals surface area contributed by atoms with Crippen molar-refractivity contribution in [3.63, 3.8) is 0 Å². The number of nitrogens with one attached hydrogen (secondary N) is 3. The summed E-state index contributed by atoms with van der Waals surface area (Å²) in [5.74, 6) is -4.18. The van der Waals surface area contributed by atoms with E-state index in [1.807, 2.05) is 0 Å². The van der Waals surface area contributed by atoms with Crippen LogP contribution in [0.4, 0.5) is 38.1 Å². The first kappa shape index (κ1) is 48.7. The second-order valence-electron chi connectivity index (χ2n) is 12.4. The van der Waals surface area contributed by atoms with Crippen LogP contribution in [0.25, 0.3) is 12.2 Å². The van der Waals surface area contributed by atoms with Crippen LogP contribution in [0.3, 0.4) is 0 Å². The molecule has 1 fully saturated rings. The highest BCUT2D eigenvalue weighted by Gasteiger charge is 2.38. The minimum absolute atomic E-state index is 0.105. The number of benzene rings is 2. The first-order valence-corrected chi connectivity index (χ1v) is 19.3. The van der Waals surface area contributed by atoms with Crippen molar-refractivity contribution in [1.29, 1.82) is 0 Å². The SMILES string of the molecule is C1CCOC1.C=Cc1cc([C@@H](C)N)cc(F)c1NS(C)(=O)=O.C=Cc1cc([C@@H](C)NC(=O)OC(C)(C)C)cc(F)c1NS(C)(=O)=O.O=C(O)C(F)(F)F. The standard InChI is InChI=1S/C16H23FN2O4S.C11H15FN2O2S.C4H8O.C2HF3O2/c1-7-11-8-12(9-13(17)14(11)19-24(6,21)22)10(2)18-15(20)23-16(3,4)5;1-4-8-5-9(7(2)13)6-10(12)11(8)14-17(3,15)16;1-2-4-5-3-1;3-2(4,5)1(6)7/h7-10,19H,1H2,2-6H3,(H,18,20);4-7,14H,1,13H2,2-3H3;1-4H2;(H,6,7)/t10-;7-;;/m11../s1. The number of hydrogen-bond acceptors (Lipinski definition) is 9. The minimum atomic E-state index is -5.08. The molecule has 3 rings (SSSR count). The maximum atomic E-state index is 14.3. The molecule has 2 aromatic rings. The fourth-order valence-corrected chi connectivity index (χ4v) is 4.97. The summed E-state index contributed by atoms with van der Waals surface area (Å²) < 4.78 is 119. The molecule has 0 aromatic heterocycles. The lowest BCUT2D eigenvalue weighted by atomic mass is 10.0. The molecule has 0 bridgehead atoms. The second kappa shape index (κ2) is 20.8. The molecule has 0 aliphatic carbocycles. The molecule has 6 N–H and O–H groups in total. The van der Waals surface area contributed by atoms with Crippen molar-refractivity contribution in [2.75, 3.05) is 35.2 Å². The van der Waals surface area contributed by atoms with Crippen molar-refractivity contribution in [3.8, 4) is 0 Å². The summed E-state index contributed by atoms with van der Waals surface area (Å²) in [6, 6.07) is 4.64. The summed E-state index contributed by atoms with van der Waals surface area (Å²) in [5, 5.41) is 9.72. The molecule has 1 amide bonds. The van der Waals surface area contributed by atoms with E-state index in [-0.39, 0.29) is 23.0 Å². The van der Waals surface area contributed by atoms with E-state index in [4.69, 9.17) is 25.1 Å². The largest absolute Gasteiger partial charge is 0.490 e. The van der Waals surface area contributed by atoms with E-state index in [2.05, 4.69) is 27.9 Å². The van der Waals surface area contributed by atoms with Crippen LogP contribution in [-0.4, -0.2) is 71.5 Å². The number of sulfonamides is 2. The predicted molar refractivity (Wildman–Crippen MR) is 194 cm³/mol. The number of hydrogen-bond donors (Lipinski definition) is 5. The smallest absolute Gasteiger partial charge is 0.475 e. The number of alkyl carbamates (subject to hydrolysis) is 1. The Labute approximate surface area is 306 Å². The molecule has 20 heteroatoms. The summed E-state index contributed by atoms with van der Waals surface area (Å²) in [4.78, 5) is 20.7. The number of rotatable bonds is 9. The van der Waals surface area contributed by atoms with Gasteiger partial charge in [-0.3, -0.25) is 9.44 Å². The fraction of sp³-hybridized carbons (Fsp3) is 0.455. The van der Waals surface area contributed by atoms with Crippen LogP contribution >= 0.6 is 0 Å². The number of carbonyl (C=O) groups excluding carboxylic acids is 1. The van der Waals surface area contributed by atoms with Crippen LogP contribution in [0.1, 0.15) is 81.8 Å². The molecular weight excluding hydrogens is 756 g/mol. The first-order valence-electron chi connectivity index (χ1n) is 15.5. The molecule has 1 aliphatic heterocycles. The summed E-state index contributed by atoms with van der Waals surface area (Å²) in [7, 11) is -7.17. The maximum absolute atomic E-state index is 14.3. The van der Waals surface area contributed by atoms with Gasteiger partial charge in [-0.1, -0.05) is 25.3 Å². The number of carboxylic acids is 1. The Morgan fingerprint density at radius 3 is 1.53 bits per heavy atom. The van der Waals surface area contributed by atoms with Crippen LogP contribution in [0.2, 0.25) is 0 Å². The lowest BCUT2D eigenvalue weighted by Crippen LogP contribution is -2.34. The number of alkyl halides is 3. The van der Waals surface area contributed by atoms with Gasteiger partial charge in [0.1, 0.15) is 17.2 Å². The summed E-state index contributed by atoms with van der Waals surface area (Å²) >= 11 is 0. The summed E-state index contributed by atoms with van der Waals surface area (Å²) in [6.45, 7) is 17.7. The van der Waals surface area contributed by atoms with Gasteiger partial charge in [-0.15, -0.1) is 0 Å². The lowest BCUT2D eigenvalue weighted by molar-refractivity contribution is -0.192. The zero-order valence-electron chi connectivity index (χ0n) is 30.4. The van der Waals surface area contributed by atoms with Gasteiger partial charge in [0.05, 0.1) is 29.9 Å². The number of carbonyl (C=O) groups is 2. The number of anilines is 2. The van der Waals surface area contributed by atoms with E-state index in [9.17, 15) is 43.6 Å². The maximum Gasteiger partial charge on any atom is 0.490 e. The van der Waals surface area contributed by atoms with Gasteiger partial charge in [-0.2, -0.15) is 13.2 Å². The van der Waals surface area contributed by atoms with E-state index in [1.165, 1.54) is 31.1 Å². The molecule has 2 atom stereocenters. The second-order valence-corrected chi connectivity index (χ2v) is 15.9. The normalized spacial score (nSPS) is 13.9. The molecule has 1 aliphatic rings. The Balaban J connectivity index is 0.000000798. The van der Waals surface area contributed by atoms with Crippen molar-refractivity contribution in [1.82, 2.24) is 5.32 Å². The van der Waals surface area contributed by atoms with Gasteiger partial charge in [0.25, 0.3) is 0 Å². The van der Waals surface area contributed by atoms with Crippen molar-refractivity contribution in [3.05, 3.63) is 71.3 Å². The Morgan fingerprint density at radius 1 is 0.868 bits per heavy atom. The highest BCUT2D eigenvalue weighted by Crippen LogP contribution is 2.28. The Kier molecular flexibility index (Phi) is 19.2. The molecule has 0 spiro atoms. The molecule has 0 radical (unpaired) electrons. The molecule has 300 valence electrons. The molecule has 0 unspecified atom stereocenters. The van der Waals surface area contributed by atoms with Crippen LogP contribution in [-0.2, 0) is 34.3 Å². The van der Waals surface area contributed by atoms with Crippen LogP contribution in [0, 0.1) is 11.6 Å². The summed E-state index contributed by atoms with van der Waals surface area (Å²) in [5.41, 5.74) is 6.38. The third-order valence-electron chi connectivity index (χ3n) is 6.13. The van der Waals surface area contributed by atoms with E-state index >= 15 is 0 Å². The Hall–Kier alpha value is -4.27. The third-order valence-corrected chi connectivity index (χ3v) is 7.28. The molecule has 13 nitrogen and oxygen atoms in total. The fourth-order valence-electron chi connectivity index (χ4n) is 3.80. The average molecular weight is 803 g/mol. The van der Waals surface area contributed by atoms with Crippen LogP contribution in [0.5, 0.6) is 0 Å². The van der Waals surface area contributed by atoms with Crippen LogP contribution < -0.4 is 20.5 Å². The molecule has 53 heavy (non-hydrogen) atoms. The molecule has 0 saturated carbocycles. The molecule has 2 aromatic carbocycles. The minimum Gasteiger partial charge on any atom is -0.475 e. The van der Waals surface area contributed by atoms with Gasteiger partial charge in [0.15, 0.2) is 0 Å². The van der Waals surface area contributed by atoms with Gasteiger partial charge in [0, 0.05) is 30.4 Å². The van der Waals surface area contributed by atoms with E-state index < -0.39 is 61.6 Å². The number of amides is 1. The topological polar surface area (TPSA) is 203 Å². The van der Waals surface area contributed by atoms with Gasteiger partial charge in [-0.25, -0.2) is 35.2 Å². The van der Waals surface area contributed by atoms with E-state index in [1.54, 1.807) is 46.8 Å². The Bertz CT molecular complexity index is 1790.